The van der Waals surface area contributed by atoms with E-state index in [0.29, 0.717) is 13.0 Å². The zero-order chi connectivity index (χ0) is 16.9. The number of pyridine rings is 1. The molecule has 0 bridgehead atoms. The fourth-order valence-corrected chi connectivity index (χ4v) is 3.37. The summed E-state index contributed by atoms with van der Waals surface area (Å²) in [6.45, 7) is 4.66. The van der Waals surface area contributed by atoms with Gasteiger partial charge in [0.25, 0.3) is 0 Å². The fourth-order valence-electron chi connectivity index (χ4n) is 2.56. The number of carbonyl (C=O) groups is 1. The van der Waals surface area contributed by atoms with Gasteiger partial charge in [-0.15, -0.1) is 11.3 Å². The molecule has 0 unspecified atom stereocenters. The monoisotopic (exact) mass is 337 g/mol. The molecule has 0 radical (unpaired) electrons. The molecular formula is C19H19N3OS. The number of rotatable bonds is 5. The molecule has 0 fully saturated rings. The summed E-state index contributed by atoms with van der Waals surface area (Å²) in [6, 6.07) is 11.9. The SMILES string of the molecule is CCN(C(=O)Cc1csc(-c2cccnc2)n1)c1cccc(C)c1. The van der Waals surface area contributed by atoms with Crippen LogP contribution >= 0.6 is 11.3 Å². The van der Waals surface area contributed by atoms with E-state index in [1.54, 1.807) is 28.6 Å². The van der Waals surface area contributed by atoms with Gasteiger partial charge in [0.15, 0.2) is 0 Å². The van der Waals surface area contributed by atoms with Crippen LogP contribution in [0.1, 0.15) is 18.2 Å². The predicted octanol–water partition coefficient (Wildman–Crippen LogP) is 4.11. The Morgan fingerprint density at radius 1 is 1.25 bits per heavy atom. The molecule has 2 aromatic heterocycles. The van der Waals surface area contributed by atoms with E-state index < -0.39 is 0 Å². The minimum absolute atomic E-state index is 0.0612. The maximum atomic E-state index is 12.7. The molecule has 0 saturated heterocycles. The molecule has 3 aromatic rings. The smallest absolute Gasteiger partial charge is 0.233 e. The van der Waals surface area contributed by atoms with Gasteiger partial charge in [-0.25, -0.2) is 4.98 Å². The van der Waals surface area contributed by atoms with E-state index in [1.165, 1.54) is 0 Å². The molecule has 0 N–H and O–H groups in total. The average molecular weight is 337 g/mol. The number of hydrogen-bond donors (Lipinski definition) is 0. The first-order chi connectivity index (χ1) is 11.7. The Labute approximate surface area is 145 Å². The van der Waals surface area contributed by atoms with Crippen LogP contribution in [0.5, 0.6) is 0 Å². The number of likely N-dealkylation sites (N-methyl/N-ethyl adjacent to an activating group) is 1. The Kier molecular flexibility index (Phi) is 5.01. The molecule has 4 nitrogen and oxygen atoms in total. The molecule has 24 heavy (non-hydrogen) atoms. The van der Waals surface area contributed by atoms with E-state index in [-0.39, 0.29) is 5.91 Å². The molecular weight excluding hydrogens is 318 g/mol. The zero-order valence-electron chi connectivity index (χ0n) is 13.8. The number of carbonyl (C=O) groups excluding carboxylic acids is 1. The van der Waals surface area contributed by atoms with Crippen molar-refractivity contribution in [1.82, 2.24) is 9.97 Å². The number of anilines is 1. The van der Waals surface area contributed by atoms with Crippen molar-refractivity contribution in [3.05, 3.63) is 65.4 Å². The minimum atomic E-state index is 0.0612. The third-order valence-electron chi connectivity index (χ3n) is 3.72. The van der Waals surface area contributed by atoms with Crippen LogP contribution in [0.2, 0.25) is 0 Å². The number of hydrogen-bond acceptors (Lipinski definition) is 4. The molecule has 0 atom stereocenters. The maximum absolute atomic E-state index is 12.7. The van der Waals surface area contributed by atoms with Crippen LogP contribution in [-0.2, 0) is 11.2 Å². The Morgan fingerprint density at radius 2 is 2.12 bits per heavy atom. The Hall–Kier alpha value is -2.53. The van der Waals surface area contributed by atoms with E-state index in [4.69, 9.17) is 0 Å². The van der Waals surface area contributed by atoms with Gasteiger partial charge in [0.1, 0.15) is 5.01 Å². The summed E-state index contributed by atoms with van der Waals surface area (Å²) in [6.07, 6.45) is 3.83. The first-order valence-corrected chi connectivity index (χ1v) is 8.77. The quantitative estimate of drug-likeness (QED) is 0.704. The van der Waals surface area contributed by atoms with Gasteiger partial charge in [-0.3, -0.25) is 9.78 Å². The fraction of sp³-hybridized carbons (Fsp3) is 0.211. The lowest BCUT2D eigenvalue weighted by Gasteiger charge is -2.21. The van der Waals surface area contributed by atoms with Crippen LogP contribution in [0.4, 0.5) is 5.69 Å². The third-order valence-corrected chi connectivity index (χ3v) is 4.66. The second-order valence-corrected chi connectivity index (χ2v) is 6.40. The Bertz CT molecular complexity index is 829. The van der Waals surface area contributed by atoms with E-state index in [1.807, 2.05) is 55.6 Å². The molecule has 1 aromatic carbocycles. The van der Waals surface area contributed by atoms with Crippen LogP contribution in [0, 0.1) is 6.92 Å². The molecule has 3 rings (SSSR count). The second kappa shape index (κ2) is 7.36. The van der Waals surface area contributed by atoms with E-state index >= 15 is 0 Å². The first-order valence-electron chi connectivity index (χ1n) is 7.89. The first kappa shape index (κ1) is 16.3. The lowest BCUT2D eigenvalue weighted by atomic mass is 10.2. The van der Waals surface area contributed by atoms with Gasteiger partial charge in [-0.05, 0) is 43.7 Å². The van der Waals surface area contributed by atoms with Crippen molar-refractivity contribution < 1.29 is 4.79 Å². The average Bonchev–Trinajstić information content (AvgIpc) is 3.05. The van der Waals surface area contributed by atoms with Crippen LogP contribution < -0.4 is 4.90 Å². The van der Waals surface area contributed by atoms with E-state index in [0.717, 1.165) is 27.5 Å². The van der Waals surface area contributed by atoms with Gasteiger partial charge >= 0.3 is 0 Å². The van der Waals surface area contributed by atoms with Gasteiger partial charge in [-0.1, -0.05) is 12.1 Å². The summed E-state index contributed by atoms with van der Waals surface area (Å²) < 4.78 is 0. The maximum Gasteiger partial charge on any atom is 0.233 e. The number of thiazole rings is 1. The van der Waals surface area contributed by atoms with Crippen molar-refractivity contribution in [1.29, 1.82) is 0 Å². The number of nitrogens with zero attached hydrogens (tertiary/aromatic N) is 3. The highest BCUT2D eigenvalue weighted by molar-refractivity contribution is 7.13. The van der Waals surface area contributed by atoms with Crippen molar-refractivity contribution in [2.24, 2.45) is 0 Å². The van der Waals surface area contributed by atoms with Gasteiger partial charge in [-0.2, -0.15) is 0 Å². The van der Waals surface area contributed by atoms with E-state index in [9.17, 15) is 4.79 Å². The second-order valence-electron chi connectivity index (χ2n) is 5.54. The lowest BCUT2D eigenvalue weighted by molar-refractivity contribution is -0.118. The van der Waals surface area contributed by atoms with Crippen LogP contribution in [-0.4, -0.2) is 22.4 Å². The third kappa shape index (κ3) is 3.68. The highest BCUT2D eigenvalue weighted by atomic mass is 32.1. The van der Waals surface area contributed by atoms with E-state index in [2.05, 4.69) is 9.97 Å². The molecule has 5 heteroatoms. The number of aryl methyl sites for hydroxylation is 1. The van der Waals surface area contributed by atoms with Crippen molar-refractivity contribution in [2.75, 3.05) is 11.4 Å². The van der Waals surface area contributed by atoms with Crippen molar-refractivity contribution in [3.8, 4) is 10.6 Å². The standard InChI is InChI=1S/C19H19N3OS/c1-3-22(17-8-4-6-14(2)10-17)18(23)11-16-13-24-19(21-16)15-7-5-9-20-12-15/h4-10,12-13H,3,11H2,1-2H3. The summed E-state index contributed by atoms with van der Waals surface area (Å²) >= 11 is 1.54. The molecule has 122 valence electrons. The lowest BCUT2D eigenvalue weighted by Crippen LogP contribution is -2.32. The van der Waals surface area contributed by atoms with Crippen LogP contribution in [0.3, 0.4) is 0 Å². The number of benzene rings is 1. The topological polar surface area (TPSA) is 46.1 Å². The molecule has 0 spiro atoms. The van der Waals surface area contributed by atoms with Gasteiger partial charge in [0.05, 0.1) is 12.1 Å². The normalized spacial score (nSPS) is 10.6. The van der Waals surface area contributed by atoms with Crippen molar-refractivity contribution in [2.45, 2.75) is 20.3 Å². The molecule has 0 aliphatic rings. The molecule has 0 aliphatic heterocycles. The Morgan fingerprint density at radius 3 is 2.83 bits per heavy atom. The van der Waals surface area contributed by atoms with Crippen molar-refractivity contribution in [3.63, 3.8) is 0 Å². The molecule has 0 saturated carbocycles. The van der Waals surface area contributed by atoms with Gasteiger partial charge < -0.3 is 4.90 Å². The predicted molar refractivity (Wildman–Crippen MR) is 98.3 cm³/mol. The van der Waals surface area contributed by atoms with Crippen molar-refractivity contribution >= 4 is 22.9 Å². The van der Waals surface area contributed by atoms with Gasteiger partial charge in [0, 0.05) is 35.6 Å². The largest absolute Gasteiger partial charge is 0.312 e. The summed E-state index contributed by atoms with van der Waals surface area (Å²) in [5, 5.41) is 2.84. The van der Waals surface area contributed by atoms with Crippen LogP contribution in [0.15, 0.2) is 54.2 Å². The minimum Gasteiger partial charge on any atom is -0.312 e. The summed E-state index contributed by atoms with van der Waals surface area (Å²) in [5.74, 6) is 0.0612. The molecule has 1 amide bonds. The highest BCUT2D eigenvalue weighted by Crippen LogP contribution is 2.24. The summed E-state index contributed by atoms with van der Waals surface area (Å²) in [7, 11) is 0. The summed E-state index contributed by atoms with van der Waals surface area (Å²) in [5.41, 5.74) is 3.86. The number of aromatic nitrogens is 2. The molecule has 2 heterocycles. The number of amides is 1. The Balaban J connectivity index is 1.75. The van der Waals surface area contributed by atoms with Gasteiger partial charge in [0.2, 0.25) is 5.91 Å². The highest BCUT2D eigenvalue weighted by Gasteiger charge is 2.16. The molecule has 0 aliphatic carbocycles. The zero-order valence-corrected chi connectivity index (χ0v) is 14.6. The van der Waals surface area contributed by atoms with Crippen LogP contribution in [0.25, 0.3) is 10.6 Å². The summed E-state index contributed by atoms with van der Waals surface area (Å²) in [4.78, 5) is 23.2.